The van der Waals surface area contributed by atoms with E-state index in [1.54, 1.807) is 72.5 Å². The fourth-order valence-corrected chi connectivity index (χ4v) is 6.08. The second-order valence-electron chi connectivity index (χ2n) is 12.2. The minimum absolute atomic E-state index is 0.0185. The van der Waals surface area contributed by atoms with Crippen LogP contribution in [0.15, 0.2) is 91.0 Å². The number of nitrogens with zero attached hydrogens (tertiary/aromatic N) is 2. The van der Waals surface area contributed by atoms with Crippen molar-refractivity contribution >= 4 is 29.1 Å². The predicted octanol–water partition coefficient (Wildman–Crippen LogP) is 0.763. The van der Waals surface area contributed by atoms with Crippen molar-refractivity contribution in [2.24, 2.45) is 5.92 Å². The molecule has 3 aromatic carbocycles. The lowest BCUT2D eigenvalue weighted by Crippen LogP contribution is -2.60. The van der Waals surface area contributed by atoms with Crippen LogP contribution in [0.25, 0.3) is 0 Å². The summed E-state index contributed by atoms with van der Waals surface area (Å²) in [5, 5.41) is 63.4. The van der Waals surface area contributed by atoms with Crippen LogP contribution in [0.4, 0.5) is 11.4 Å². The lowest BCUT2D eigenvalue weighted by molar-refractivity contribution is -0.274. The summed E-state index contributed by atoms with van der Waals surface area (Å²) in [5.74, 6) is -2.29. The number of ether oxygens (including phenoxy) is 1. The van der Waals surface area contributed by atoms with Gasteiger partial charge in [0, 0.05) is 36.7 Å². The second-order valence-corrected chi connectivity index (χ2v) is 12.2. The van der Waals surface area contributed by atoms with Crippen LogP contribution in [-0.4, -0.2) is 97.1 Å². The lowest BCUT2D eigenvalue weighted by Gasteiger charge is -2.37. The smallest absolute Gasteiger partial charge is 0.264 e. The summed E-state index contributed by atoms with van der Waals surface area (Å²) in [7, 11) is 0. The molecule has 2 aliphatic rings. The van der Waals surface area contributed by atoms with Crippen molar-refractivity contribution in [3.05, 3.63) is 108 Å². The van der Waals surface area contributed by atoms with Gasteiger partial charge in [-0.2, -0.15) is 0 Å². The lowest BCUT2D eigenvalue weighted by atomic mass is 9.83. The average Bonchev–Trinajstić information content (AvgIpc) is 3.32. The van der Waals surface area contributed by atoms with Crippen LogP contribution in [0.5, 0.6) is 0 Å². The molecule has 2 heterocycles. The zero-order valence-electron chi connectivity index (χ0n) is 26.9. The number of carbonyl (C=O) groups is 3. The first kappa shape index (κ1) is 35.8. The Labute approximate surface area is 283 Å². The third-order valence-corrected chi connectivity index (χ3v) is 8.90. The van der Waals surface area contributed by atoms with E-state index in [-0.39, 0.29) is 32.0 Å². The van der Waals surface area contributed by atoms with Crippen LogP contribution in [0.3, 0.4) is 0 Å². The van der Waals surface area contributed by atoms with Gasteiger partial charge in [-0.25, -0.2) is 0 Å². The molecule has 49 heavy (non-hydrogen) atoms. The molecule has 0 radical (unpaired) electrons. The molecule has 3 aromatic rings. The molecule has 13 nitrogen and oxygen atoms in total. The third kappa shape index (κ3) is 7.58. The maximum atomic E-state index is 13.9. The van der Waals surface area contributed by atoms with E-state index < -0.39 is 54.0 Å². The van der Waals surface area contributed by atoms with Gasteiger partial charge < -0.3 is 50.5 Å². The van der Waals surface area contributed by atoms with Crippen LogP contribution < -0.4 is 10.2 Å². The number of fused-ring (bicyclic) bond motifs is 1. The Kier molecular flexibility index (Phi) is 11.3. The Morgan fingerprint density at radius 2 is 1.61 bits per heavy atom. The van der Waals surface area contributed by atoms with E-state index in [0.29, 0.717) is 29.0 Å². The van der Waals surface area contributed by atoms with Gasteiger partial charge in [-0.05, 0) is 29.3 Å². The molecule has 7 N–H and O–H groups in total. The Balaban J connectivity index is 1.24. The molecule has 13 heteroatoms. The van der Waals surface area contributed by atoms with Gasteiger partial charge in [-0.3, -0.25) is 14.4 Å². The normalized spacial score (nSPS) is 25.7. The molecule has 1 fully saturated rings. The quantitative estimate of drug-likeness (QED) is 0.135. The molecule has 1 saturated heterocycles. The number of anilines is 2. The molecule has 0 bridgehead atoms. The fourth-order valence-electron chi connectivity index (χ4n) is 6.08. The van der Waals surface area contributed by atoms with E-state index in [9.17, 15) is 45.0 Å². The largest absolute Gasteiger partial charge is 0.395 e. The topological polar surface area (TPSA) is 200 Å². The zero-order chi connectivity index (χ0) is 35.3. The average molecular weight is 676 g/mol. The van der Waals surface area contributed by atoms with Crippen LogP contribution in [-0.2, 0) is 37.8 Å². The molecule has 260 valence electrons. The van der Waals surface area contributed by atoms with Crippen molar-refractivity contribution in [1.29, 1.82) is 0 Å². The van der Waals surface area contributed by atoms with Gasteiger partial charge in [0.15, 0.2) is 18.0 Å². The molecule has 0 aliphatic carbocycles. The highest BCUT2D eigenvalue weighted by Gasteiger charge is 2.52. The molecular formula is C36H41N3O10. The van der Waals surface area contributed by atoms with Crippen LogP contribution in [0, 0.1) is 5.92 Å². The molecule has 0 unspecified atom stereocenters. The maximum Gasteiger partial charge on any atom is 0.264 e. The monoisotopic (exact) mass is 675 g/mol. The number of aliphatic hydroxyl groups is 6. The summed E-state index contributed by atoms with van der Waals surface area (Å²) in [6, 6.07) is 22.8. The summed E-state index contributed by atoms with van der Waals surface area (Å²) in [6.07, 6.45) is -5.51. The highest BCUT2D eigenvalue weighted by Crippen LogP contribution is 2.45. The van der Waals surface area contributed by atoms with Crippen molar-refractivity contribution in [1.82, 2.24) is 4.90 Å². The molecule has 3 amide bonds. The Morgan fingerprint density at radius 3 is 2.31 bits per heavy atom. The number of hydrogen-bond acceptors (Lipinski definition) is 10. The highest BCUT2D eigenvalue weighted by molar-refractivity contribution is 6.07. The van der Waals surface area contributed by atoms with Crippen molar-refractivity contribution < 1.29 is 49.8 Å². The van der Waals surface area contributed by atoms with Gasteiger partial charge in [-0.15, -0.1) is 0 Å². The summed E-state index contributed by atoms with van der Waals surface area (Å²) in [5.41, 5.74) is 0.967. The molecule has 0 saturated carbocycles. The van der Waals surface area contributed by atoms with Crippen LogP contribution in [0.1, 0.15) is 30.0 Å². The van der Waals surface area contributed by atoms with Crippen LogP contribution >= 0.6 is 0 Å². The van der Waals surface area contributed by atoms with Crippen molar-refractivity contribution in [3.8, 4) is 0 Å². The van der Waals surface area contributed by atoms with E-state index >= 15 is 0 Å². The number of carbonyl (C=O) groups excluding carboxylic acids is 3. The number of amides is 3. The van der Waals surface area contributed by atoms with Crippen molar-refractivity contribution in [3.63, 3.8) is 0 Å². The van der Waals surface area contributed by atoms with Gasteiger partial charge in [-0.1, -0.05) is 79.7 Å². The van der Waals surface area contributed by atoms with Gasteiger partial charge in [0.1, 0.15) is 18.3 Å². The van der Waals surface area contributed by atoms with E-state index in [4.69, 9.17) is 4.74 Å². The van der Waals surface area contributed by atoms with Gasteiger partial charge >= 0.3 is 0 Å². The first-order chi connectivity index (χ1) is 23.4. The SMILES string of the molecule is C[C@H](/C=C/CC(=O)N(CCO)Cc1ccccc1)[C@@]1(O)C(=O)N(Cc2ccc(NC(=O)[C@H]3O[C@@H](O)[C@H](O)[C@@H](O)[C@@H]3O)cc2)c2ccccc21. The van der Waals surface area contributed by atoms with Gasteiger partial charge in [0.05, 0.1) is 18.8 Å². The first-order valence-electron chi connectivity index (χ1n) is 16.0. The number of aliphatic hydroxyl groups excluding tert-OH is 5. The minimum atomic E-state index is -1.90. The molecule has 5 rings (SSSR count). The number of para-hydroxylation sites is 1. The summed E-state index contributed by atoms with van der Waals surface area (Å²) >= 11 is 0. The van der Waals surface area contributed by atoms with E-state index in [2.05, 4.69) is 5.32 Å². The zero-order valence-corrected chi connectivity index (χ0v) is 26.9. The number of nitrogens with one attached hydrogen (secondary N) is 1. The maximum absolute atomic E-state index is 13.9. The Bertz CT molecular complexity index is 1650. The predicted molar refractivity (Wildman–Crippen MR) is 177 cm³/mol. The Morgan fingerprint density at radius 1 is 0.939 bits per heavy atom. The van der Waals surface area contributed by atoms with E-state index in [1.807, 2.05) is 30.3 Å². The molecular weight excluding hydrogens is 634 g/mol. The van der Waals surface area contributed by atoms with E-state index in [0.717, 1.165) is 5.56 Å². The minimum Gasteiger partial charge on any atom is -0.395 e. The summed E-state index contributed by atoms with van der Waals surface area (Å²) in [6.45, 7) is 2.14. The molecule has 2 aliphatic heterocycles. The molecule has 7 atom stereocenters. The number of hydrogen-bond donors (Lipinski definition) is 7. The standard InChI is InChI=1S/C36H41N3O10/c1-22(8-7-13-28(41)38(18-19-40)20-23-9-3-2-4-10-23)36(48)26-11-5-6-12-27(26)39(35(36)47)21-24-14-16-25(17-15-24)37-33(45)32-30(43)29(42)31(44)34(46)49-32/h2-12,14-17,22,29-32,34,40,42-44,46,48H,13,18-21H2,1H3,(H,37,45)/b8-7+/t22-,29+,30+,31-,32+,34-,36+/m1/s1. The van der Waals surface area contributed by atoms with Crippen molar-refractivity contribution in [2.75, 3.05) is 23.4 Å². The fraction of sp³-hybridized carbons (Fsp3) is 0.361. The third-order valence-electron chi connectivity index (χ3n) is 8.90. The highest BCUT2D eigenvalue weighted by atomic mass is 16.6. The molecule has 0 aromatic heterocycles. The Hall–Kier alpha value is -4.47. The van der Waals surface area contributed by atoms with E-state index in [1.165, 1.54) is 4.90 Å². The van der Waals surface area contributed by atoms with Crippen LogP contribution in [0.2, 0.25) is 0 Å². The summed E-state index contributed by atoms with van der Waals surface area (Å²) < 4.78 is 4.97. The van der Waals surface area contributed by atoms with Gasteiger partial charge in [0.25, 0.3) is 11.8 Å². The number of benzene rings is 3. The molecule has 0 spiro atoms. The second kappa shape index (κ2) is 15.4. The van der Waals surface area contributed by atoms with Gasteiger partial charge in [0.2, 0.25) is 5.91 Å². The number of rotatable bonds is 12. The van der Waals surface area contributed by atoms with Crippen molar-refractivity contribution in [2.45, 2.75) is 62.7 Å². The first-order valence-corrected chi connectivity index (χ1v) is 16.0. The summed E-state index contributed by atoms with van der Waals surface area (Å²) in [4.78, 5) is 42.6.